The third-order valence-corrected chi connectivity index (χ3v) is 3.00. The lowest BCUT2D eigenvalue weighted by molar-refractivity contribution is -0.153. The fraction of sp³-hybridized carbons (Fsp3) is 0.533. The lowest BCUT2D eigenvalue weighted by Gasteiger charge is -2.23. The molecule has 0 aromatic heterocycles. The fourth-order valence-electron chi connectivity index (χ4n) is 1.98. The van der Waals surface area contributed by atoms with E-state index in [4.69, 9.17) is 14.2 Å². The molecule has 0 heterocycles. The number of aliphatic hydroxyl groups excluding tert-OH is 1. The Kier molecular flexibility index (Phi) is 5.54. The van der Waals surface area contributed by atoms with Crippen molar-refractivity contribution in [2.24, 2.45) is 0 Å². The van der Waals surface area contributed by atoms with Gasteiger partial charge in [-0.3, -0.25) is 0 Å². The summed E-state index contributed by atoms with van der Waals surface area (Å²) < 4.78 is 29.4. The van der Waals surface area contributed by atoms with Gasteiger partial charge in [0.25, 0.3) is 0 Å². The van der Waals surface area contributed by atoms with Crippen LogP contribution in [-0.4, -0.2) is 31.9 Å². The second kappa shape index (κ2) is 6.76. The Balaban J connectivity index is 3.43. The highest BCUT2D eigenvalue weighted by atomic mass is 19.1. The highest BCUT2D eigenvalue weighted by molar-refractivity contribution is 5.77. The van der Waals surface area contributed by atoms with E-state index in [1.165, 1.54) is 40.2 Å². The van der Waals surface area contributed by atoms with Gasteiger partial charge in [-0.25, -0.2) is 9.18 Å². The first-order valence-electron chi connectivity index (χ1n) is 6.56. The largest absolute Gasteiger partial charge is 0.493 e. The van der Waals surface area contributed by atoms with E-state index >= 15 is 0 Å². The molecule has 1 aromatic rings. The Hall–Kier alpha value is -1.82. The van der Waals surface area contributed by atoms with Gasteiger partial charge in [-0.1, -0.05) is 0 Å². The monoisotopic (exact) mass is 300 g/mol. The minimum atomic E-state index is -1.78. The molecule has 0 aliphatic carbocycles. The molecule has 1 unspecified atom stereocenters. The smallest absolute Gasteiger partial charge is 0.339 e. The van der Waals surface area contributed by atoms with Crippen LogP contribution < -0.4 is 9.47 Å². The van der Waals surface area contributed by atoms with Gasteiger partial charge < -0.3 is 19.3 Å². The van der Waals surface area contributed by atoms with E-state index < -0.39 is 17.7 Å². The number of aliphatic hydroxyl groups is 1. The summed E-state index contributed by atoms with van der Waals surface area (Å²) in [6.07, 6.45) is -1.59. The SMILES string of the molecule is CCOC(=O)C(O)c1cc(OC)c(OC)cc1C(C)(C)F. The van der Waals surface area contributed by atoms with E-state index in [0.29, 0.717) is 11.5 Å². The number of rotatable bonds is 6. The van der Waals surface area contributed by atoms with Gasteiger partial charge in [-0.2, -0.15) is 0 Å². The Morgan fingerprint density at radius 1 is 1.29 bits per heavy atom. The molecule has 1 rings (SSSR count). The van der Waals surface area contributed by atoms with Crippen molar-refractivity contribution in [1.29, 1.82) is 0 Å². The molecule has 21 heavy (non-hydrogen) atoms. The van der Waals surface area contributed by atoms with Gasteiger partial charge in [-0.05, 0) is 38.5 Å². The number of hydrogen-bond donors (Lipinski definition) is 1. The number of carbonyl (C=O) groups is 1. The number of hydrogen-bond acceptors (Lipinski definition) is 5. The molecular weight excluding hydrogens is 279 g/mol. The van der Waals surface area contributed by atoms with Gasteiger partial charge in [0.1, 0.15) is 5.67 Å². The highest BCUT2D eigenvalue weighted by Gasteiger charge is 2.31. The van der Waals surface area contributed by atoms with Crippen LogP contribution in [0.1, 0.15) is 38.0 Å². The van der Waals surface area contributed by atoms with Crippen molar-refractivity contribution >= 4 is 5.97 Å². The van der Waals surface area contributed by atoms with Gasteiger partial charge in [-0.15, -0.1) is 0 Å². The van der Waals surface area contributed by atoms with Crippen LogP contribution in [0.3, 0.4) is 0 Å². The maximum Gasteiger partial charge on any atom is 0.339 e. The molecule has 0 spiro atoms. The topological polar surface area (TPSA) is 65.0 Å². The molecule has 1 N–H and O–H groups in total. The van der Waals surface area contributed by atoms with E-state index in [1.54, 1.807) is 6.92 Å². The van der Waals surface area contributed by atoms with Crippen molar-refractivity contribution in [3.05, 3.63) is 23.3 Å². The van der Waals surface area contributed by atoms with Crippen molar-refractivity contribution in [3.8, 4) is 11.5 Å². The number of carbonyl (C=O) groups excluding carboxylic acids is 1. The normalized spacial score (nSPS) is 12.7. The van der Waals surface area contributed by atoms with Crippen molar-refractivity contribution in [3.63, 3.8) is 0 Å². The molecule has 6 heteroatoms. The highest BCUT2D eigenvalue weighted by Crippen LogP contribution is 2.39. The Bertz CT molecular complexity index is 508. The lowest BCUT2D eigenvalue weighted by atomic mass is 9.91. The second-order valence-corrected chi connectivity index (χ2v) is 4.92. The number of esters is 1. The number of alkyl halides is 1. The Morgan fingerprint density at radius 2 is 1.81 bits per heavy atom. The summed E-state index contributed by atoms with van der Waals surface area (Å²) in [5.41, 5.74) is -1.54. The van der Waals surface area contributed by atoms with Crippen LogP contribution in [-0.2, 0) is 15.2 Å². The van der Waals surface area contributed by atoms with E-state index in [1.807, 2.05) is 0 Å². The Labute approximate surface area is 123 Å². The summed E-state index contributed by atoms with van der Waals surface area (Å²) >= 11 is 0. The predicted octanol–water partition coefficient (Wildman–Crippen LogP) is 2.50. The first-order chi connectivity index (χ1) is 9.76. The number of methoxy groups -OCH3 is 2. The van der Waals surface area contributed by atoms with Crippen LogP contribution in [0.4, 0.5) is 4.39 Å². The molecular formula is C15H21FO5. The molecule has 0 radical (unpaired) electrons. The quantitative estimate of drug-likeness (QED) is 0.818. The van der Waals surface area contributed by atoms with Crippen LogP contribution in [0.25, 0.3) is 0 Å². The number of halogens is 1. The van der Waals surface area contributed by atoms with Gasteiger partial charge >= 0.3 is 5.97 Å². The van der Waals surface area contributed by atoms with Crippen molar-refractivity contribution in [2.75, 3.05) is 20.8 Å². The number of ether oxygens (including phenoxy) is 3. The van der Waals surface area contributed by atoms with Crippen molar-refractivity contribution in [2.45, 2.75) is 32.5 Å². The minimum Gasteiger partial charge on any atom is -0.493 e. The van der Waals surface area contributed by atoms with Crippen LogP contribution in [0.2, 0.25) is 0 Å². The molecule has 0 amide bonds. The zero-order valence-corrected chi connectivity index (χ0v) is 12.9. The Morgan fingerprint density at radius 3 is 2.24 bits per heavy atom. The summed E-state index contributed by atoms with van der Waals surface area (Å²) in [6.45, 7) is 4.40. The average Bonchev–Trinajstić information content (AvgIpc) is 2.44. The predicted molar refractivity (Wildman–Crippen MR) is 75.3 cm³/mol. The maximum absolute atomic E-state index is 14.4. The molecule has 1 aromatic carbocycles. The molecule has 0 aliphatic heterocycles. The molecule has 0 saturated carbocycles. The van der Waals surface area contributed by atoms with Gasteiger partial charge in [0, 0.05) is 5.56 Å². The molecule has 5 nitrogen and oxygen atoms in total. The van der Waals surface area contributed by atoms with Crippen molar-refractivity contribution in [1.82, 2.24) is 0 Å². The van der Waals surface area contributed by atoms with Crippen LogP contribution in [0.15, 0.2) is 12.1 Å². The third-order valence-electron chi connectivity index (χ3n) is 3.00. The summed E-state index contributed by atoms with van der Waals surface area (Å²) in [5.74, 6) is -0.225. The zero-order valence-electron chi connectivity index (χ0n) is 12.9. The maximum atomic E-state index is 14.4. The summed E-state index contributed by atoms with van der Waals surface area (Å²) in [5, 5.41) is 10.1. The van der Waals surface area contributed by atoms with E-state index in [-0.39, 0.29) is 17.7 Å². The first kappa shape index (κ1) is 17.2. The van der Waals surface area contributed by atoms with E-state index in [9.17, 15) is 14.3 Å². The fourth-order valence-corrected chi connectivity index (χ4v) is 1.98. The molecule has 1 atom stereocenters. The van der Waals surface area contributed by atoms with Crippen LogP contribution in [0.5, 0.6) is 11.5 Å². The van der Waals surface area contributed by atoms with Gasteiger partial charge in [0.2, 0.25) is 0 Å². The van der Waals surface area contributed by atoms with E-state index in [2.05, 4.69) is 0 Å². The average molecular weight is 300 g/mol. The second-order valence-electron chi connectivity index (χ2n) is 4.92. The van der Waals surface area contributed by atoms with E-state index in [0.717, 1.165) is 0 Å². The summed E-state index contributed by atoms with van der Waals surface area (Å²) in [6, 6.07) is 2.80. The van der Waals surface area contributed by atoms with Gasteiger partial charge in [0.05, 0.1) is 20.8 Å². The molecule has 0 aliphatic rings. The van der Waals surface area contributed by atoms with Crippen molar-refractivity contribution < 1.29 is 28.5 Å². The first-order valence-corrected chi connectivity index (χ1v) is 6.56. The minimum absolute atomic E-state index is 0.0959. The zero-order chi connectivity index (χ0) is 16.2. The van der Waals surface area contributed by atoms with Crippen LogP contribution in [0, 0.1) is 0 Å². The number of benzene rings is 1. The molecule has 0 saturated heterocycles. The molecule has 0 bridgehead atoms. The summed E-state index contributed by atoms with van der Waals surface area (Å²) in [4.78, 5) is 11.7. The molecule has 118 valence electrons. The van der Waals surface area contributed by atoms with Gasteiger partial charge in [0.15, 0.2) is 17.6 Å². The van der Waals surface area contributed by atoms with Crippen LogP contribution >= 0.6 is 0 Å². The molecule has 0 fully saturated rings. The lowest BCUT2D eigenvalue weighted by Crippen LogP contribution is -2.21. The standard InChI is InChI=1S/C15H21FO5/c1-6-21-14(18)13(17)9-7-11(19-4)12(20-5)8-10(9)15(2,3)16/h7-8,13,17H,6H2,1-5H3. The third kappa shape index (κ3) is 3.85. The summed E-state index contributed by atoms with van der Waals surface area (Å²) in [7, 11) is 2.84.